The van der Waals surface area contributed by atoms with Crippen LogP contribution >= 0.6 is 0 Å². The molecule has 2 N–H and O–H groups in total. The van der Waals surface area contributed by atoms with Crippen molar-refractivity contribution >= 4 is 11.8 Å². The van der Waals surface area contributed by atoms with Crippen molar-refractivity contribution in [2.75, 3.05) is 12.8 Å². The van der Waals surface area contributed by atoms with E-state index in [1.807, 2.05) is 16.9 Å². The molecule has 18 heavy (non-hydrogen) atoms. The van der Waals surface area contributed by atoms with Crippen LogP contribution in [0.1, 0.15) is 16.9 Å². The van der Waals surface area contributed by atoms with Crippen molar-refractivity contribution in [1.82, 2.24) is 19.3 Å². The summed E-state index contributed by atoms with van der Waals surface area (Å²) in [5, 5.41) is 4.10. The van der Waals surface area contributed by atoms with Gasteiger partial charge in [0.15, 0.2) is 5.69 Å². The van der Waals surface area contributed by atoms with Gasteiger partial charge in [-0.3, -0.25) is 4.68 Å². The van der Waals surface area contributed by atoms with E-state index in [9.17, 15) is 4.79 Å². The molecule has 0 aliphatic heterocycles. The van der Waals surface area contributed by atoms with E-state index in [1.54, 1.807) is 17.1 Å². The van der Waals surface area contributed by atoms with Crippen molar-refractivity contribution in [3.63, 3.8) is 0 Å². The summed E-state index contributed by atoms with van der Waals surface area (Å²) in [5.74, 6) is -0.180. The first-order valence-electron chi connectivity index (χ1n) is 5.58. The van der Waals surface area contributed by atoms with Crippen molar-refractivity contribution < 1.29 is 9.53 Å². The Bertz CT molecular complexity index is 518. The maximum Gasteiger partial charge on any atom is 0.360 e. The van der Waals surface area contributed by atoms with E-state index in [4.69, 9.17) is 5.73 Å². The number of aromatic nitrogens is 4. The van der Waals surface area contributed by atoms with E-state index in [0.717, 1.165) is 13.0 Å². The SMILES string of the molecule is COC(=O)c1ncn(CCCn2cccn2)c1N. The van der Waals surface area contributed by atoms with Gasteiger partial charge < -0.3 is 15.0 Å². The Labute approximate surface area is 104 Å². The number of anilines is 1. The smallest absolute Gasteiger partial charge is 0.360 e. The Kier molecular flexibility index (Phi) is 3.61. The molecule has 0 atom stereocenters. The zero-order chi connectivity index (χ0) is 13.0. The quantitative estimate of drug-likeness (QED) is 0.781. The summed E-state index contributed by atoms with van der Waals surface area (Å²) >= 11 is 0. The summed E-state index contributed by atoms with van der Waals surface area (Å²) in [7, 11) is 1.30. The molecule has 0 saturated heterocycles. The van der Waals surface area contributed by atoms with E-state index >= 15 is 0 Å². The molecule has 0 aliphatic rings. The highest BCUT2D eigenvalue weighted by Gasteiger charge is 2.15. The fourth-order valence-corrected chi connectivity index (χ4v) is 1.66. The van der Waals surface area contributed by atoms with Crippen molar-refractivity contribution in [3.8, 4) is 0 Å². The molecule has 0 radical (unpaired) electrons. The molecule has 0 spiro atoms. The van der Waals surface area contributed by atoms with Crippen LogP contribution in [0.5, 0.6) is 0 Å². The van der Waals surface area contributed by atoms with Gasteiger partial charge in [0.25, 0.3) is 0 Å². The van der Waals surface area contributed by atoms with Crippen molar-refractivity contribution in [2.45, 2.75) is 19.5 Å². The van der Waals surface area contributed by atoms with Gasteiger partial charge in [-0.2, -0.15) is 5.10 Å². The molecule has 96 valence electrons. The molecule has 0 fully saturated rings. The van der Waals surface area contributed by atoms with Gasteiger partial charge in [0.05, 0.1) is 13.4 Å². The van der Waals surface area contributed by atoms with Gasteiger partial charge in [-0.25, -0.2) is 9.78 Å². The summed E-state index contributed by atoms with van der Waals surface area (Å²) in [6.45, 7) is 1.47. The van der Waals surface area contributed by atoms with Crippen LogP contribution in [0, 0.1) is 0 Å². The monoisotopic (exact) mass is 249 g/mol. The third kappa shape index (κ3) is 2.50. The van der Waals surface area contributed by atoms with Crippen LogP contribution in [0.2, 0.25) is 0 Å². The lowest BCUT2D eigenvalue weighted by atomic mass is 10.4. The average molecular weight is 249 g/mol. The highest BCUT2D eigenvalue weighted by atomic mass is 16.5. The maximum absolute atomic E-state index is 11.3. The molecule has 2 aromatic heterocycles. The number of aryl methyl sites for hydroxylation is 2. The molecule has 2 aromatic rings. The van der Waals surface area contributed by atoms with Crippen LogP contribution in [0.15, 0.2) is 24.8 Å². The minimum atomic E-state index is -0.515. The lowest BCUT2D eigenvalue weighted by Gasteiger charge is -2.05. The summed E-state index contributed by atoms with van der Waals surface area (Å²) in [6, 6.07) is 1.88. The summed E-state index contributed by atoms with van der Waals surface area (Å²) in [5.41, 5.74) is 5.98. The summed E-state index contributed by atoms with van der Waals surface area (Å²) < 4.78 is 8.16. The van der Waals surface area contributed by atoms with Crippen LogP contribution in [0.25, 0.3) is 0 Å². The molecular weight excluding hydrogens is 234 g/mol. The number of hydrogen-bond donors (Lipinski definition) is 1. The Hall–Kier alpha value is -2.31. The van der Waals surface area contributed by atoms with E-state index in [2.05, 4.69) is 14.8 Å². The summed E-state index contributed by atoms with van der Waals surface area (Å²) in [4.78, 5) is 15.3. The molecule has 0 amide bonds. The number of esters is 1. The Morgan fingerprint density at radius 1 is 1.50 bits per heavy atom. The number of imidazole rings is 1. The van der Waals surface area contributed by atoms with Gasteiger partial charge in [0.2, 0.25) is 0 Å². The molecule has 0 aromatic carbocycles. The van der Waals surface area contributed by atoms with Gasteiger partial charge >= 0.3 is 5.97 Å². The molecule has 0 saturated carbocycles. The van der Waals surface area contributed by atoms with E-state index in [-0.39, 0.29) is 5.69 Å². The third-order valence-electron chi connectivity index (χ3n) is 2.60. The van der Waals surface area contributed by atoms with Crippen LogP contribution in [0.4, 0.5) is 5.82 Å². The second-order valence-corrected chi connectivity index (χ2v) is 3.79. The number of ether oxygens (including phenoxy) is 1. The predicted octanol–water partition coefficient (Wildman–Crippen LogP) is 0.539. The zero-order valence-electron chi connectivity index (χ0n) is 10.1. The van der Waals surface area contributed by atoms with E-state index in [0.29, 0.717) is 12.4 Å². The van der Waals surface area contributed by atoms with Crippen LogP contribution in [-0.2, 0) is 17.8 Å². The molecule has 0 bridgehead atoms. The average Bonchev–Trinajstić information content (AvgIpc) is 3.00. The number of nitrogens with two attached hydrogens (primary N) is 1. The predicted molar refractivity (Wildman–Crippen MR) is 64.8 cm³/mol. The number of carbonyl (C=O) groups excluding carboxylic acids is 1. The molecular formula is C11H15N5O2. The van der Waals surface area contributed by atoms with Gasteiger partial charge in [-0.1, -0.05) is 0 Å². The van der Waals surface area contributed by atoms with Crippen LogP contribution in [0.3, 0.4) is 0 Å². The first kappa shape index (κ1) is 12.2. The van der Waals surface area contributed by atoms with Gasteiger partial charge in [-0.15, -0.1) is 0 Å². The molecule has 2 heterocycles. The highest BCUT2D eigenvalue weighted by Crippen LogP contribution is 2.11. The Morgan fingerprint density at radius 2 is 2.33 bits per heavy atom. The maximum atomic E-state index is 11.3. The minimum absolute atomic E-state index is 0.164. The fraction of sp³-hybridized carbons (Fsp3) is 0.364. The van der Waals surface area contributed by atoms with Gasteiger partial charge in [0.1, 0.15) is 5.82 Å². The number of hydrogen-bond acceptors (Lipinski definition) is 5. The van der Waals surface area contributed by atoms with E-state index < -0.39 is 5.97 Å². The number of rotatable bonds is 5. The van der Waals surface area contributed by atoms with Gasteiger partial charge in [0, 0.05) is 25.5 Å². The lowest BCUT2D eigenvalue weighted by Crippen LogP contribution is -2.09. The van der Waals surface area contributed by atoms with Gasteiger partial charge in [-0.05, 0) is 12.5 Å². The molecule has 7 nitrogen and oxygen atoms in total. The molecule has 0 unspecified atom stereocenters. The van der Waals surface area contributed by atoms with Crippen molar-refractivity contribution in [1.29, 1.82) is 0 Å². The summed E-state index contributed by atoms with van der Waals surface area (Å²) in [6.07, 6.45) is 6.03. The topological polar surface area (TPSA) is 88.0 Å². The highest BCUT2D eigenvalue weighted by molar-refractivity contribution is 5.91. The Morgan fingerprint density at radius 3 is 3.00 bits per heavy atom. The second-order valence-electron chi connectivity index (χ2n) is 3.79. The number of nitrogen functional groups attached to an aromatic ring is 1. The molecule has 0 aliphatic carbocycles. The largest absolute Gasteiger partial charge is 0.464 e. The zero-order valence-corrected chi connectivity index (χ0v) is 10.1. The number of nitrogens with zero attached hydrogens (tertiary/aromatic N) is 4. The van der Waals surface area contributed by atoms with E-state index in [1.165, 1.54) is 7.11 Å². The first-order chi connectivity index (χ1) is 8.72. The molecule has 7 heteroatoms. The van der Waals surface area contributed by atoms with Crippen LogP contribution < -0.4 is 5.73 Å². The normalized spacial score (nSPS) is 10.5. The molecule has 2 rings (SSSR count). The minimum Gasteiger partial charge on any atom is -0.464 e. The lowest BCUT2D eigenvalue weighted by molar-refractivity contribution is 0.0596. The van der Waals surface area contributed by atoms with Crippen molar-refractivity contribution in [2.24, 2.45) is 0 Å². The second kappa shape index (κ2) is 5.35. The standard InChI is InChI=1S/C11H15N5O2/c1-18-11(17)9-10(12)15(8-13-9)5-3-7-16-6-2-4-14-16/h2,4,6,8H,3,5,7,12H2,1H3. The van der Waals surface area contributed by atoms with Crippen LogP contribution in [-0.4, -0.2) is 32.4 Å². The number of methoxy groups -OCH3 is 1. The first-order valence-corrected chi connectivity index (χ1v) is 5.58. The Balaban J connectivity index is 1.94. The number of carbonyl (C=O) groups is 1. The van der Waals surface area contributed by atoms with Crippen molar-refractivity contribution in [3.05, 3.63) is 30.5 Å². The fourth-order valence-electron chi connectivity index (χ4n) is 1.66. The third-order valence-corrected chi connectivity index (χ3v) is 2.60.